The Morgan fingerprint density at radius 3 is 2.87 bits per heavy atom. The zero-order valence-corrected chi connectivity index (χ0v) is 9.45. The van der Waals surface area contributed by atoms with Gasteiger partial charge in [-0.2, -0.15) is 0 Å². The van der Waals surface area contributed by atoms with Crippen LogP contribution in [0.4, 0.5) is 0 Å². The van der Waals surface area contributed by atoms with Crippen molar-refractivity contribution in [2.75, 3.05) is 13.1 Å². The van der Waals surface area contributed by atoms with E-state index in [1.165, 1.54) is 25.8 Å². The Balaban J connectivity index is 1.93. The van der Waals surface area contributed by atoms with Gasteiger partial charge in [0.15, 0.2) is 0 Å². The molecule has 1 aliphatic heterocycles. The molecule has 1 saturated heterocycles. The molecule has 1 aliphatic carbocycles. The minimum Gasteiger partial charge on any atom is -0.401 e. The number of hydrogen-bond donors (Lipinski definition) is 3. The monoisotopic (exact) mass is 210 g/mol. The first-order valence-electron chi connectivity index (χ1n) is 5.86. The molecule has 2 aliphatic rings. The molecule has 0 aromatic carbocycles. The Labute approximate surface area is 91.6 Å². The zero-order chi connectivity index (χ0) is 10.8. The van der Waals surface area contributed by atoms with Gasteiger partial charge in [-0.15, -0.1) is 0 Å². The van der Waals surface area contributed by atoms with Gasteiger partial charge >= 0.3 is 0 Å². The maximum Gasteiger partial charge on any atom is 0.0480 e. The van der Waals surface area contributed by atoms with Crippen LogP contribution in [0.1, 0.15) is 26.2 Å². The number of hydrazine groups is 1. The number of nitrogens with one attached hydrogen (secondary N) is 1. The predicted molar refractivity (Wildman–Crippen MR) is 61.5 cm³/mol. The van der Waals surface area contributed by atoms with Crippen LogP contribution in [0, 0.1) is 11.8 Å². The zero-order valence-electron chi connectivity index (χ0n) is 9.45. The fourth-order valence-electron chi connectivity index (χ4n) is 2.89. The van der Waals surface area contributed by atoms with Crippen LogP contribution in [0.3, 0.4) is 0 Å². The molecule has 1 saturated carbocycles. The lowest BCUT2D eigenvalue weighted by molar-refractivity contribution is 0.0283. The van der Waals surface area contributed by atoms with Gasteiger partial charge in [-0.05, 0) is 51.1 Å². The molecule has 86 valence electrons. The molecular formula is C11H22N4. The number of rotatable bonds is 2. The van der Waals surface area contributed by atoms with Crippen LogP contribution in [0.25, 0.3) is 0 Å². The smallest absolute Gasteiger partial charge is 0.0480 e. The highest BCUT2D eigenvalue weighted by Gasteiger charge is 2.42. The first-order chi connectivity index (χ1) is 7.18. The molecule has 1 heterocycles. The van der Waals surface area contributed by atoms with Crippen molar-refractivity contribution < 1.29 is 0 Å². The lowest BCUT2D eigenvalue weighted by atomic mass is 9.66. The standard InChI is InChI=1S/C11H22N4/c1-8(12)7-15(13)11-6-9-2-4-14-5-3-10(9)11/h7,9-11,14H,2-6,12-13H2,1H3/b8-7-. The summed E-state index contributed by atoms with van der Waals surface area (Å²) in [6.07, 6.45) is 5.65. The van der Waals surface area contributed by atoms with E-state index in [9.17, 15) is 0 Å². The minimum absolute atomic E-state index is 0.508. The summed E-state index contributed by atoms with van der Waals surface area (Å²) in [6.45, 7) is 4.19. The Bertz CT molecular complexity index is 247. The molecule has 0 radical (unpaired) electrons. The van der Waals surface area contributed by atoms with Gasteiger partial charge in [0, 0.05) is 17.9 Å². The van der Waals surface area contributed by atoms with Crippen molar-refractivity contribution in [1.82, 2.24) is 10.3 Å². The molecule has 2 fully saturated rings. The molecule has 0 aromatic rings. The van der Waals surface area contributed by atoms with E-state index in [2.05, 4.69) is 5.32 Å². The van der Waals surface area contributed by atoms with E-state index < -0.39 is 0 Å². The summed E-state index contributed by atoms with van der Waals surface area (Å²) in [5, 5.41) is 5.27. The third-order valence-electron chi connectivity index (χ3n) is 3.73. The summed E-state index contributed by atoms with van der Waals surface area (Å²) >= 11 is 0. The van der Waals surface area contributed by atoms with E-state index >= 15 is 0 Å². The molecule has 2 rings (SSSR count). The second-order valence-corrected chi connectivity index (χ2v) is 4.87. The maximum absolute atomic E-state index is 5.99. The van der Waals surface area contributed by atoms with Crippen LogP contribution >= 0.6 is 0 Å². The lowest BCUT2D eigenvalue weighted by Gasteiger charge is -2.47. The molecule has 0 bridgehead atoms. The summed E-state index contributed by atoms with van der Waals surface area (Å²) in [4.78, 5) is 0. The van der Waals surface area contributed by atoms with Crippen molar-refractivity contribution in [1.29, 1.82) is 0 Å². The van der Waals surface area contributed by atoms with Crippen LogP contribution < -0.4 is 16.9 Å². The lowest BCUT2D eigenvalue weighted by Crippen LogP contribution is -2.53. The van der Waals surface area contributed by atoms with Crippen LogP contribution in [0.15, 0.2) is 11.9 Å². The van der Waals surface area contributed by atoms with Gasteiger partial charge in [0.05, 0.1) is 0 Å². The van der Waals surface area contributed by atoms with Crippen molar-refractivity contribution in [3.05, 3.63) is 11.9 Å². The molecule has 3 atom stereocenters. The van der Waals surface area contributed by atoms with Gasteiger partial charge in [0.25, 0.3) is 0 Å². The van der Waals surface area contributed by atoms with Crippen LogP contribution in [-0.2, 0) is 0 Å². The van der Waals surface area contributed by atoms with Crippen molar-refractivity contribution in [2.24, 2.45) is 23.4 Å². The predicted octanol–water partition coefficient (Wildman–Crippen LogP) is 0.370. The number of hydrogen-bond acceptors (Lipinski definition) is 4. The molecule has 4 nitrogen and oxygen atoms in total. The van der Waals surface area contributed by atoms with E-state index in [-0.39, 0.29) is 0 Å². The second-order valence-electron chi connectivity index (χ2n) is 4.87. The van der Waals surface area contributed by atoms with E-state index in [0.717, 1.165) is 24.1 Å². The number of nitrogens with zero attached hydrogens (tertiary/aromatic N) is 1. The van der Waals surface area contributed by atoms with Gasteiger partial charge in [0.1, 0.15) is 0 Å². The van der Waals surface area contributed by atoms with Gasteiger partial charge in [-0.1, -0.05) is 0 Å². The Morgan fingerprint density at radius 1 is 1.40 bits per heavy atom. The Morgan fingerprint density at radius 2 is 2.13 bits per heavy atom. The maximum atomic E-state index is 5.99. The van der Waals surface area contributed by atoms with Crippen molar-refractivity contribution in [3.8, 4) is 0 Å². The van der Waals surface area contributed by atoms with Gasteiger partial charge in [-0.3, -0.25) is 0 Å². The molecule has 15 heavy (non-hydrogen) atoms. The van der Waals surface area contributed by atoms with Gasteiger partial charge in [0.2, 0.25) is 0 Å². The fraction of sp³-hybridized carbons (Fsp3) is 0.818. The first-order valence-corrected chi connectivity index (χ1v) is 5.86. The summed E-state index contributed by atoms with van der Waals surface area (Å²) in [5.41, 5.74) is 6.42. The molecular weight excluding hydrogens is 188 g/mol. The Hall–Kier alpha value is -0.740. The first kappa shape index (κ1) is 10.8. The summed E-state index contributed by atoms with van der Waals surface area (Å²) < 4.78 is 0. The fourth-order valence-corrected chi connectivity index (χ4v) is 2.89. The normalized spacial score (nSPS) is 36.4. The Kier molecular flexibility index (Phi) is 3.17. The van der Waals surface area contributed by atoms with Gasteiger partial charge < -0.3 is 16.1 Å². The largest absolute Gasteiger partial charge is 0.401 e. The van der Waals surface area contributed by atoms with Crippen molar-refractivity contribution in [3.63, 3.8) is 0 Å². The van der Waals surface area contributed by atoms with E-state index in [1.54, 1.807) is 0 Å². The third kappa shape index (κ3) is 2.26. The second kappa shape index (κ2) is 4.41. The van der Waals surface area contributed by atoms with Crippen LogP contribution in [-0.4, -0.2) is 24.1 Å². The highest BCUT2D eigenvalue weighted by atomic mass is 15.4. The summed E-state index contributed by atoms with van der Waals surface area (Å²) in [7, 11) is 0. The number of allylic oxidation sites excluding steroid dienone is 1. The molecule has 4 heteroatoms. The molecule has 0 spiro atoms. The SMILES string of the molecule is C/C(N)=C/N(N)C1CC2CCNCCC21. The number of fused-ring (bicyclic) bond motifs is 1. The summed E-state index contributed by atoms with van der Waals surface area (Å²) in [6, 6.07) is 0.508. The van der Waals surface area contributed by atoms with E-state index in [0.29, 0.717) is 6.04 Å². The van der Waals surface area contributed by atoms with E-state index in [4.69, 9.17) is 11.6 Å². The molecule has 5 N–H and O–H groups in total. The minimum atomic E-state index is 0.508. The molecule has 3 unspecified atom stereocenters. The quantitative estimate of drug-likeness (QED) is 0.455. The topological polar surface area (TPSA) is 67.3 Å². The van der Waals surface area contributed by atoms with Crippen molar-refractivity contribution in [2.45, 2.75) is 32.2 Å². The molecule has 0 amide bonds. The van der Waals surface area contributed by atoms with Crippen LogP contribution in [0.5, 0.6) is 0 Å². The molecule has 0 aromatic heterocycles. The highest BCUT2D eigenvalue weighted by Crippen LogP contribution is 2.42. The summed E-state index contributed by atoms with van der Waals surface area (Å²) in [5.74, 6) is 7.64. The van der Waals surface area contributed by atoms with E-state index in [1.807, 2.05) is 18.1 Å². The average Bonchev–Trinajstić information content (AvgIpc) is 2.27. The number of nitrogens with two attached hydrogens (primary N) is 2. The highest BCUT2D eigenvalue weighted by molar-refractivity contribution is 5.01. The van der Waals surface area contributed by atoms with Crippen molar-refractivity contribution >= 4 is 0 Å². The van der Waals surface area contributed by atoms with Gasteiger partial charge in [-0.25, -0.2) is 5.84 Å². The third-order valence-corrected chi connectivity index (χ3v) is 3.73. The average molecular weight is 210 g/mol. The van der Waals surface area contributed by atoms with Crippen LogP contribution in [0.2, 0.25) is 0 Å².